The molecule has 176 valence electrons. The fourth-order valence-corrected chi connectivity index (χ4v) is 4.19. The number of nitrogens with zero attached hydrogens (tertiary/aromatic N) is 4. The number of nitrogens with one attached hydrogen (secondary N) is 1. The van der Waals surface area contributed by atoms with E-state index in [0.29, 0.717) is 16.3 Å². The van der Waals surface area contributed by atoms with Crippen molar-refractivity contribution in [3.8, 4) is 5.69 Å². The summed E-state index contributed by atoms with van der Waals surface area (Å²) in [5.41, 5.74) is 2.59. The van der Waals surface area contributed by atoms with E-state index in [4.69, 9.17) is 16.7 Å². The number of benzene rings is 2. The fraction of sp³-hybridized carbons (Fsp3) is 0.250. The first-order valence-corrected chi connectivity index (χ1v) is 11.2. The molecule has 4 rings (SSSR count). The van der Waals surface area contributed by atoms with E-state index < -0.39 is 5.97 Å². The largest absolute Gasteiger partial charge is 0.481 e. The highest BCUT2D eigenvalue weighted by Crippen LogP contribution is 2.30. The van der Waals surface area contributed by atoms with E-state index in [0.717, 1.165) is 11.3 Å². The van der Waals surface area contributed by atoms with Gasteiger partial charge in [0, 0.05) is 43.8 Å². The second-order valence-electron chi connectivity index (χ2n) is 8.01. The van der Waals surface area contributed by atoms with Gasteiger partial charge in [-0.15, -0.1) is 0 Å². The van der Waals surface area contributed by atoms with Gasteiger partial charge in [0.25, 0.3) is 5.91 Å². The average molecular weight is 482 g/mol. The molecule has 0 fully saturated rings. The van der Waals surface area contributed by atoms with Crippen molar-refractivity contribution in [3.63, 3.8) is 0 Å². The Hall–Kier alpha value is -3.85. The molecule has 0 spiro atoms. The van der Waals surface area contributed by atoms with Crippen LogP contribution in [0.5, 0.6) is 0 Å². The number of fused-ring (bicyclic) bond motifs is 1. The van der Waals surface area contributed by atoms with Crippen LogP contribution in [0.2, 0.25) is 5.02 Å². The lowest BCUT2D eigenvalue weighted by Crippen LogP contribution is -2.48. The lowest BCUT2D eigenvalue weighted by atomic mass is 10.1. The maximum absolute atomic E-state index is 13.6. The topological polar surface area (TPSA) is 108 Å². The zero-order valence-corrected chi connectivity index (χ0v) is 19.3. The van der Waals surface area contributed by atoms with Crippen LogP contribution in [0.4, 0.5) is 10.5 Å². The summed E-state index contributed by atoms with van der Waals surface area (Å²) < 4.78 is 1.66. The summed E-state index contributed by atoms with van der Waals surface area (Å²) in [6.45, 7) is 2.41. The maximum atomic E-state index is 13.6. The smallest absolute Gasteiger partial charge is 0.318 e. The number of hydrogen-bond donors (Lipinski definition) is 2. The molecule has 2 aromatic carbocycles. The van der Waals surface area contributed by atoms with Crippen LogP contribution in [-0.2, 0) is 11.3 Å². The Bertz CT molecular complexity index is 1210. The second kappa shape index (κ2) is 9.96. The molecule has 1 aliphatic rings. The van der Waals surface area contributed by atoms with Gasteiger partial charge in [0.05, 0.1) is 22.7 Å². The number of carbonyl (C=O) groups excluding carboxylic acids is 2. The summed E-state index contributed by atoms with van der Waals surface area (Å²) in [6.07, 6.45) is 3.28. The van der Waals surface area contributed by atoms with Crippen LogP contribution < -0.4 is 10.2 Å². The van der Waals surface area contributed by atoms with E-state index in [-0.39, 0.29) is 44.0 Å². The van der Waals surface area contributed by atoms with Gasteiger partial charge in [-0.2, -0.15) is 5.10 Å². The van der Waals surface area contributed by atoms with E-state index in [9.17, 15) is 14.4 Å². The maximum Gasteiger partial charge on any atom is 0.318 e. The van der Waals surface area contributed by atoms with Gasteiger partial charge in [0.1, 0.15) is 0 Å². The van der Waals surface area contributed by atoms with Gasteiger partial charge in [0.15, 0.2) is 0 Å². The number of hydrogen-bond acceptors (Lipinski definition) is 4. The van der Waals surface area contributed by atoms with Crippen LogP contribution in [0.15, 0.2) is 60.9 Å². The Balaban J connectivity index is 1.61. The molecule has 1 aliphatic heterocycles. The lowest BCUT2D eigenvalue weighted by molar-refractivity contribution is -0.136. The highest BCUT2D eigenvalue weighted by Gasteiger charge is 2.32. The number of para-hydroxylation sites is 1. The van der Waals surface area contributed by atoms with Crippen LogP contribution in [-0.4, -0.2) is 56.8 Å². The van der Waals surface area contributed by atoms with E-state index >= 15 is 0 Å². The number of anilines is 1. The molecule has 2 heterocycles. The minimum Gasteiger partial charge on any atom is -0.481 e. The average Bonchev–Trinajstić information content (AvgIpc) is 3.30. The zero-order chi connectivity index (χ0) is 24.2. The third-order valence-electron chi connectivity index (χ3n) is 5.68. The number of rotatable bonds is 5. The summed E-state index contributed by atoms with van der Waals surface area (Å²) >= 11 is 6.52. The number of carbonyl (C=O) groups is 3. The van der Waals surface area contributed by atoms with Gasteiger partial charge in [0.2, 0.25) is 0 Å². The molecule has 1 atom stereocenters. The van der Waals surface area contributed by atoms with Crippen molar-refractivity contribution in [1.29, 1.82) is 0 Å². The zero-order valence-electron chi connectivity index (χ0n) is 18.5. The summed E-state index contributed by atoms with van der Waals surface area (Å²) in [5, 5.41) is 16.0. The van der Waals surface area contributed by atoms with Gasteiger partial charge in [-0.25, -0.2) is 9.48 Å². The van der Waals surface area contributed by atoms with Crippen molar-refractivity contribution in [2.45, 2.75) is 25.9 Å². The van der Waals surface area contributed by atoms with Crippen LogP contribution >= 0.6 is 11.6 Å². The molecule has 34 heavy (non-hydrogen) atoms. The van der Waals surface area contributed by atoms with E-state index in [1.807, 2.05) is 31.2 Å². The van der Waals surface area contributed by atoms with Gasteiger partial charge in [-0.3, -0.25) is 9.59 Å². The normalized spacial score (nSPS) is 15.4. The first kappa shape index (κ1) is 23.3. The van der Waals surface area contributed by atoms with Crippen molar-refractivity contribution in [3.05, 3.63) is 77.1 Å². The van der Waals surface area contributed by atoms with Crippen molar-refractivity contribution in [2.24, 2.45) is 0 Å². The Morgan fingerprint density at radius 2 is 1.97 bits per heavy atom. The van der Waals surface area contributed by atoms with E-state index in [1.54, 1.807) is 51.1 Å². The number of halogens is 1. The SMILES string of the molecule is C[C@@H]1CN(C(=O)c2ccc(-n3cccn3)cc2Cl)c2ccccc2CN1C(=O)NCCC(=O)O. The van der Waals surface area contributed by atoms with Crippen LogP contribution in [0.25, 0.3) is 5.69 Å². The quantitative estimate of drug-likeness (QED) is 0.579. The molecule has 0 saturated heterocycles. The predicted octanol–water partition coefficient (Wildman–Crippen LogP) is 3.56. The van der Waals surface area contributed by atoms with Crippen molar-refractivity contribution in [1.82, 2.24) is 20.0 Å². The van der Waals surface area contributed by atoms with Crippen molar-refractivity contribution >= 4 is 35.2 Å². The fourth-order valence-electron chi connectivity index (χ4n) is 3.94. The molecule has 0 aliphatic carbocycles. The third kappa shape index (κ3) is 4.89. The molecular formula is C24H24ClN5O4. The van der Waals surface area contributed by atoms with E-state index in [1.165, 1.54) is 0 Å². The van der Waals surface area contributed by atoms with Crippen LogP contribution in [0.3, 0.4) is 0 Å². The summed E-state index contributed by atoms with van der Waals surface area (Å²) in [5.74, 6) is -1.26. The Morgan fingerprint density at radius 3 is 2.68 bits per heavy atom. The van der Waals surface area contributed by atoms with Gasteiger partial charge < -0.3 is 20.2 Å². The number of urea groups is 1. The van der Waals surface area contributed by atoms with E-state index in [2.05, 4.69) is 10.4 Å². The number of aromatic nitrogens is 2. The summed E-state index contributed by atoms with van der Waals surface area (Å²) in [7, 11) is 0. The molecule has 2 N–H and O–H groups in total. The first-order valence-electron chi connectivity index (χ1n) is 10.8. The molecular weight excluding hydrogens is 458 g/mol. The molecule has 0 bridgehead atoms. The van der Waals surface area contributed by atoms with Crippen LogP contribution in [0, 0.1) is 0 Å². The standard InChI is InChI=1S/C24H24ClN5O4/c1-16-14-29(23(33)19-8-7-18(13-20(19)25)30-12-4-10-27-30)21-6-3-2-5-17(21)15-28(16)24(34)26-11-9-22(31)32/h2-8,10,12-13,16H,9,11,14-15H2,1H3,(H,26,34)(H,31,32)/t16-/m1/s1. The van der Waals surface area contributed by atoms with Crippen molar-refractivity contribution in [2.75, 3.05) is 18.0 Å². The molecule has 0 radical (unpaired) electrons. The van der Waals surface area contributed by atoms with Gasteiger partial charge in [-0.1, -0.05) is 29.8 Å². The van der Waals surface area contributed by atoms with Gasteiger partial charge >= 0.3 is 12.0 Å². The minimum absolute atomic E-state index is 0.0277. The summed E-state index contributed by atoms with van der Waals surface area (Å²) in [4.78, 5) is 40.5. The highest BCUT2D eigenvalue weighted by molar-refractivity contribution is 6.34. The number of amides is 3. The third-order valence-corrected chi connectivity index (χ3v) is 5.99. The molecule has 3 amide bonds. The lowest BCUT2D eigenvalue weighted by Gasteiger charge is -2.29. The Morgan fingerprint density at radius 1 is 1.18 bits per heavy atom. The second-order valence-corrected chi connectivity index (χ2v) is 8.42. The molecule has 1 aromatic heterocycles. The molecule has 10 heteroatoms. The summed E-state index contributed by atoms with van der Waals surface area (Å²) in [6, 6.07) is 13.6. The number of carboxylic acids is 1. The molecule has 0 unspecified atom stereocenters. The molecule has 9 nitrogen and oxygen atoms in total. The number of carboxylic acid groups (broad SMARTS) is 1. The van der Waals surface area contributed by atoms with Crippen LogP contribution in [0.1, 0.15) is 29.3 Å². The van der Waals surface area contributed by atoms with Gasteiger partial charge in [-0.05, 0) is 42.8 Å². The first-order chi connectivity index (χ1) is 16.3. The molecule has 0 saturated carbocycles. The highest BCUT2D eigenvalue weighted by atomic mass is 35.5. The Kier molecular flexibility index (Phi) is 6.83. The minimum atomic E-state index is -0.984. The predicted molar refractivity (Wildman–Crippen MR) is 127 cm³/mol. The molecule has 3 aromatic rings. The van der Waals surface area contributed by atoms with Crippen molar-refractivity contribution < 1.29 is 19.5 Å². The monoisotopic (exact) mass is 481 g/mol. The Labute approximate surface area is 201 Å². The number of aliphatic carboxylic acids is 1.